The molecule has 5 rings (SSSR count). The molecule has 4 aromatic rings. The average Bonchev–Trinajstić information content (AvgIpc) is 2.98. The van der Waals surface area contributed by atoms with Gasteiger partial charge in [-0.3, -0.25) is 4.79 Å². The Morgan fingerprint density at radius 3 is 2.38 bits per heavy atom. The van der Waals surface area contributed by atoms with E-state index in [4.69, 9.17) is 24.7 Å². The highest BCUT2D eigenvalue weighted by Crippen LogP contribution is 2.35. The molecule has 9 nitrogen and oxygen atoms in total. The zero-order chi connectivity index (χ0) is 28.2. The minimum atomic E-state index is -0.124. The summed E-state index contributed by atoms with van der Waals surface area (Å²) < 4.78 is 11.7. The maximum absolute atomic E-state index is 13.4. The third-order valence-electron chi connectivity index (χ3n) is 6.68. The molecule has 2 heterocycles. The smallest absolute Gasteiger partial charge is 0.254 e. The predicted molar refractivity (Wildman–Crippen MR) is 149 cm³/mol. The number of nitrogens with zero attached hydrogens (tertiary/aromatic N) is 5. The molecule has 40 heavy (non-hydrogen) atoms. The topological polar surface area (TPSA) is 124 Å². The van der Waals surface area contributed by atoms with Gasteiger partial charge in [0.05, 0.1) is 48.2 Å². The SMILES string of the molecule is COc1cccc(C(=O)N2CCc3nc(Nc4ccc(C#N)cc4)nc(Oc4c(C)cc(C#N)cc4C)c3C2)c1. The number of amides is 1. The van der Waals surface area contributed by atoms with Crippen LogP contribution in [0.15, 0.2) is 60.7 Å². The third kappa shape index (κ3) is 5.40. The first-order valence-electron chi connectivity index (χ1n) is 12.7. The summed E-state index contributed by atoms with van der Waals surface area (Å²) >= 11 is 0. The third-order valence-corrected chi connectivity index (χ3v) is 6.68. The van der Waals surface area contributed by atoms with E-state index in [1.165, 1.54) is 0 Å². The van der Waals surface area contributed by atoms with Gasteiger partial charge in [-0.1, -0.05) is 6.07 Å². The normalized spacial score (nSPS) is 12.1. The number of carbonyl (C=O) groups excluding carboxylic acids is 1. The number of anilines is 2. The quantitative estimate of drug-likeness (QED) is 0.343. The van der Waals surface area contributed by atoms with Crippen molar-refractivity contribution >= 4 is 17.5 Å². The van der Waals surface area contributed by atoms with Gasteiger partial charge in [0.25, 0.3) is 5.91 Å². The number of aryl methyl sites for hydroxylation is 2. The van der Waals surface area contributed by atoms with E-state index in [1.807, 2.05) is 13.8 Å². The first kappa shape index (κ1) is 26.2. The second-order valence-electron chi connectivity index (χ2n) is 9.45. The predicted octanol–water partition coefficient (Wildman–Crippen LogP) is 5.58. The number of hydrogen-bond donors (Lipinski definition) is 1. The van der Waals surface area contributed by atoms with Crippen molar-refractivity contribution in [3.63, 3.8) is 0 Å². The Labute approximate surface area is 232 Å². The minimum absolute atomic E-state index is 0.124. The van der Waals surface area contributed by atoms with Gasteiger partial charge in [-0.25, -0.2) is 4.98 Å². The van der Waals surface area contributed by atoms with E-state index in [9.17, 15) is 10.1 Å². The second-order valence-corrected chi connectivity index (χ2v) is 9.45. The van der Waals surface area contributed by atoms with E-state index in [0.29, 0.717) is 53.0 Å². The molecule has 1 aliphatic heterocycles. The first-order valence-corrected chi connectivity index (χ1v) is 12.7. The summed E-state index contributed by atoms with van der Waals surface area (Å²) in [6.45, 7) is 4.51. The van der Waals surface area contributed by atoms with Crippen LogP contribution >= 0.6 is 0 Å². The van der Waals surface area contributed by atoms with Crippen molar-refractivity contribution in [3.8, 4) is 29.5 Å². The molecule has 0 saturated heterocycles. The molecule has 0 atom stereocenters. The van der Waals surface area contributed by atoms with Gasteiger partial charge in [-0.2, -0.15) is 15.5 Å². The monoisotopic (exact) mass is 530 g/mol. The van der Waals surface area contributed by atoms with Crippen molar-refractivity contribution in [2.45, 2.75) is 26.8 Å². The molecule has 3 aromatic carbocycles. The van der Waals surface area contributed by atoms with Crippen LogP contribution in [0.4, 0.5) is 11.6 Å². The lowest BCUT2D eigenvalue weighted by atomic mass is 10.0. The molecule has 0 saturated carbocycles. The van der Waals surface area contributed by atoms with Crippen LogP contribution in [-0.2, 0) is 13.0 Å². The molecule has 198 valence electrons. The number of hydrogen-bond acceptors (Lipinski definition) is 8. The van der Waals surface area contributed by atoms with Crippen molar-refractivity contribution < 1.29 is 14.3 Å². The Hall–Kier alpha value is -5.41. The zero-order valence-electron chi connectivity index (χ0n) is 22.4. The van der Waals surface area contributed by atoms with Crippen LogP contribution in [0.3, 0.4) is 0 Å². The molecule has 0 unspecified atom stereocenters. The summed E-state index contributed by atoms with van der Waals surface area (Å²) in [7, 11) is 1.57. The highest BCUT2D eigenvalue weighted by atomic mass is 16.5. The van der Waals surface area contributed by atoms with Gasteiger partial charge in [0, 0.05) is 24.2 Å². The van der Waals surface area contributed by atoms with E-state index in [1.54, 1.807) is 72.7 Å². The lowest BCUT2D eigenvalue weighted by Crippen LogP contribution is -2.36. The Morgan fingerprint density at radius 1 is 0.975 bits per heavy atom. The summed E-state index contributed by atoms with van der Waals surface area (Å²) in [5, 5.41) is 21.7. The zero-order valence-corrected chi connectivity index (χ0v) is 22.4. The molecule has 1 aliphatic rings. The molecule has 9 heteroatoms. The van der Waals surface area contributed by atoms with Crippen LogP contribution in [0.5, 0.6) is 17.4 Å². The van der Waals surface area contributed by atoms with E-state index < -0.39 is 0 Å². The molecule has 1 amide bonds. The van der Waals surface area contributed by atoms with Crippen LogP contribution in [0.1, 0.15) is 43.9 Å². The number of ether oxygens (including phenoxy) is 2. The number of benzene rings is 3. The number of fused-ring (bicyclic) bond motifs is 1. The van der Waals surface area contributed by atoms with Crippen LogP contribution in [0.25, 0.3) is 0 Å². The highest BCUT2D eigenvalue weighted by molar-refractivity contribution is 5.94. The molecule has 0 aliphatic carbocycles. The summed E-state index contributed by atoms with van der Waals surface area (Å²) in [6.07, 6.45) is 0.511. The molecule has 1 N–H and O–H groups in total. The maximum atomic E-state index is 13.4. The van der Waals surface area contributed by atoms with Crippen LogP contribution in [-0.4, -0.2) is 34.4 Å². The van der Waals surface area contributed by atoms with E-state index >= 15 is 0 Å². The van der Waals surface area contributed by atoms with Gasteiger partial charge in [0.2, 0.25) is 11.8 Å². The van der Waals surface area contributed by atoms with Crippen molar-refractivity contribution in [1.82, 2.24) is 14.9 Å². The molecular formula is C31H26N6O3. The van der Waals surface area contributed by atoms with Crippen molar-refractivity contribution in [2.75, 3.05) is 19.0 Å². The van der Waals surface area contributed by atoms with E-state index in [-0.39, 0.29) is 12.5 Å². The van der Waals surface area contributed by atoms with Gasteiger partial charge in [0.15, 0.2) is 0 Å². The van der Waals surface area contributed by atoms with E-state index in [2.05, 4.69) is 17.5 Å². The minimum Gasteiger partial charge on any atom is -0.497 e. The fraction of sp³-hybridized carbons (Fsp3) is 0.194. The number of nitriles is 2. The summed E-state index contributed by atoms with van der Waals surface area (Å²) in [4.78, 5) is 24.6. The summed E-state index contributed by atoms with van der Waals surface area (Å²) in [6, 6.07) is 21.9. The van der Waals surface area contributed by atoms with E-state index in [0.717, 1.165) is 28.1 Å². The van der Waals surface area contributed by atoms with Crippen LogP contribution in [0.2, 0.25) is 0 Å². The van der Waals surface area contributed by atoms with Crippen molar-refractivity contribution in [1.29, 1.82) is 10.5 Å². The molecule has 0 spiro atoms. The number of rotatable bonds is 6. The number of carbonyl (C=O) groups is 1. The maximum Gasteiger partial charge on any atom is 0.254 e. The molecular weight excluding hydrogens is 504 g/mol. The largest absolute Gasteiger partial charge is 0.497 e. The number of nitrogens with one attached hydrogen (secondary N) is 1. The molecule has 0 radical (unpaired) electrons. The molecule has 1 aromatic heterocycles. The van der Waals surface area contributed by atoms with Crippen LogP contribution < -0.4 is 14.8 Å². The van der Waals surface area contributed by atoms with Gasteiger partial charge in [0.1, 0.15) is 11.5 Å². The number of methoxy groups -OCH3 is 1. The fourth-order valence-electron chi connectivity index (χ4n) is 4.67. The lowest BCUT2D eigenvalue weighted by Gasteiger charge is -2.30. The van der Waals surface area contributed by atoms with Crippen molar-refractivity contribution in [2.24, 2.45) is 0 Å². The van der Waals surface area contributed by atoms with Crippen molar-refractivity contribution in [3.05, 3.63) is 99.7 Å². The molecule has 0 fully saturated rings. The Morgan fingerprint density at radius 2 is 1.70 bits per heavy atom. The van der Waals surface area contributed by atoms with Gasteiger partial charge in [-0.05, 0) is 79.6 Å². The first-order chi connectivity index (χ1) is 19.4. The van der Waals surface area contributed by atoms with Gasteiger partial charge < -0.3 is 19.7 Å². The van der Waals surface area contributed by atoms with Gasteiger partial charge >= 0.3 is 0 Å². The Bertz CT molecular complexity index is 1660. The number of aromatic nitrogens is 2. The lowest BCUT2D eigenvalue weighted by molar-refractivity contribution is 0.0731. The standard InChI is InChI=1S/C31H26N6O3/c1-19-13-22(17-33)14-20(2)28(19)40-29-26-18-37(30(38)23-5-4-6-25(15-23)39-3)12-11-27(26)35-31(36-29)34-24-9-7-21(16-32)8-10-24/h4-10,13-15H,11-12,18H2,1-3H3,(H,34,35,36). The fourth-order valence-corrected chi connectivity index (χ4v) is 4.67. The second kappa shape index (κ2) is 11.1. The van der Waals surface area contributed by atoms with Crippen LogP contribution in [0, 0.1) is 36.5 Å². The Kier molecular flexibility index (Phi) is 7.30. The highest BCUT2D eigenvalue weighted by Gasteiger charge is 2.28. The summed E-state index contributed by atoms with van der Waals surface area (Å²) in [5.41, 5.74) is 5.44. The summed E-state index contributed by atoms with van der Waals surface area (Å²) in [5.74, 6) is 1.76. The van der Waals surface area contributed by atoms with Gasteiger partial charge in [-0.15, -0.1) is 0 Å². The average molecular weight is 531 g/mol. The molecule has 0 bridgehead atoms. The Balaban J connectivity index is 1.52.